The summed E-state index contributed by atoms with van der Waals surface area (Å²) in [6.45, 7) is 4.26. The van der Waals surface area contributed by atoms with Gasteiger partial charge in [0.05, 0.1) is 18.2 Å². The summed E-state index contributed by atoms with van der Waals surface area (Å²) < 4.78 is 2.24. The molecule has 3 heteroatoms. The second kappa shape index (κ2) is 6.57. The smallest absolute Gasteiger partial charge is 0.0950 e. The lowest BCUT2D eigenvalue weighted by Crippen LogP contribution is -2.24. The van der Waals surface area contributed by atoms with Gasteiger partial charge in [0.2, 0.25) is 0 Å². The quantitative estimate of drug-likeness (QED) is 0.858. The Hall–Kier alpha value is -1.09. The van der Waals surface area contributed by atoms with Crippen LogP contribution >= 0.6 is 0 Å². The first-order valence-corrected chi connectivity index (χ1v) is 8.31. The second-order valence-electron chi connectivity index (χ2n) is 6.31. The molecule has 0 radical (unpaired) electrons. The third kappa shape index (κ3) is 3.51. The SMILES string of the molecule is CCn1cncc1/C=C(/CNC1CC1)C1CCCCC1. The van der Waals surface area contributed by atoms with Crippen LogP contribution in [0.2, 0.25) is 0 Å². The van der Waals surface area contributed by atoms with Gasteiger partial charge < -0.3 is 9.88 Å². The first kappa shape index (κ1) is 13.9. The third-order valence-electron chi connectivity index (χ3n) is 4.72. The van der Waals surface area contributed by atoms with E-state index in [1.54, 1.807) is 5.57 Å². The molecule has 0 unspecified atom stereocenters. The Morgan fingerprint density at radius 1 is 1.30 bits per heavy atom. The van der Waals surface area contributed by atoms with Crippen LogP contribution in [0.15, 0.2) is 18.1 Å². The molecular formula is C17H27N3. The number of hydrogen-bond donors (Lipinski definition) is 1. The van der Waals surface area contributed by atoms with Crippen molar-refractivity contribution in [1.29, 1.82) is 0 Å². The highest BCUT2D eigenvalue weighted by molar-refractivity contribution is 5.50. The lowest BCUT2D eigenvalue weighted by Gasteiger charge is -2.25. The van der Waals surface area contributed by atoms with E-state index in [1.165, 1.54) is 50.6 Å². The summed E-state index contributed by atoms with van der Waals surface area (Å²) in [4.78, 5) is 4.30. The molecular weight excluding hydrogens is 246 g/mol. The van der Waals surface area contributed by atoms with Gasteiger partial charge in [-0.15, -0.1) is 0 Å². The van der Waals surface area contributed by atoms with Gasteiger partial charge in [0.1, 0.15) is 0 Å². The monoisotopic (exact) mass is 273 g/mol. The Bertz CT molecular complexity index is 451. The zero-order chi connectivity index (χ0) is 13.8. The predicted molar refractivity (Wildman–Crippen MR) is 83.5 cm³/mol. The van der Waals surface area contributed by atoms with Crippen LogP contribution in [0.3, 0.4) is 0 Å². The van der Waals surface area contributed by atoms with Gasteiger partial charge in [-0.25, -0.2) is 4.98 Å². The van der Waals surface area contributed by atoms with E-state index in [4.69, 9.17) is 0 Å². The highest BCUT2D eigenvalue weighted by Gasteiger charge is 2.23. The first-order valence-electron chi connectivity index (χ1n) is 8.31. The van der Waals surface area contributed by atoms with Gasteiger partial charge in [0.15, 0.2) is 0 Å². The molecule has 1 heterocycles. The number of imidazole rings is 1. The lowest BCUT2D eigenvalue weighted by molar-refractivity contribution is 0.396. The van der Waals surface area contributed by atoms with Crippen LogP contribution in [0.5, 0.6) is 0 Å². The molecule has 1 aromatic heterocycles. The summed E-state index contributed by atoms with van der Waals surface area (Å²) in [5.74, 6) is 0.787. The summed E-state index contributed by atoms with van der Waals surface area (Å²) in [6.07, 6.45) is 16.1. The number of nitrogens with zero attached hydrogens (tertiary/aromatic N) is 2. The molecule has 3 rings (SSSR count). The maximum Gasteiger partial charge on any atom is 0.0950 e. The molecule has 1 N–H and O–H groups in total. The normalized spacial score (nSPS) is 21.4. The van der Waals surface area contributed by atoms with E-state index in [-0.39, 0.29) is 0 Å². The fourth-order valence-corrected chi connectivity index (χ4v) is 3.24. The topological polar surface area (TPSA) is 29.9 Å². The molecule has 0 atom stereocenters. The van der Waals surface area contributed by atoms with Crippen molar-refractivity contribution in [3.63, 3.8) is 0 Å². The van der Waals surface area contributed by atoms with Crippen molar-refractivity contribution in [2.24, 2.45) is 5.92 Å². The molecule has 3 nitrogen and oxygen atoms in total. The van der Waals surface area contributed by atoms with Crippen molar-refractivity contribution >= 4 is 6.08 Å². The van der Waals surface area contributed by atoms with Gasteiger partial charge >= 0.3 is 0 Å². The van der Waals surface area contributed by atoms with Crippen LogP contribution in [0, 0.1) is 5.92 Å². The largest absolute Gasteiger partial charge is 0.331 e. The van der Waals surface area contributed by atoms with E-state index in [2.05, 4.69) is 27.9 Å². The minimum absolute atomic E-state index is 0.787. The van der Waals surface area contributed by atoms with Gasteiger partial charge in [0, 0.05) is 19.1 Å². The second-order valence-corrected chi connectivity index (χ2v) is 6.31. The van der Waals surface area contributed by atoms with Crippen molar-refractivity contribution in [3.8, 4) is 0 Å². The van der Waals surface area contributed by atoms with Crippen LogP contribution in [0.4, 0.5) is 0 Å². The molecule has 2 fully saturated rings. The van der Waals surface area contributed by atoms with Crippen molar-refractivity contribution in [2.45, 2.75) is 64.5 Å². The number of hydrogen-bond acceptors (Lipinski definition) is 2. The average Bonchev–Trinajstić information content (AvgIpc) is 3.22. The van der Waals surface area contributed by atoms with Crippen LogP contribution in [-0.2, 0) is 6.54 Å². The summed E-state index contributed by atoms with van der Waals surface area (Å²) in [5, 5.41) is 3.71. The number of rotatable bonds is 6. The van der Waals surface area contributed by atoms with E-state index < -0.39 is 0 Å². The standard InChI is InChI=1S/C17H27N3/c1-2-20-13-18-12-17(20)10-15(11-19-16-8-9-16)14-6-4-3-5-7-14/h10,12-14,16,19H,2-9,11H2,1H3/b15-10-. The number of aromatic nitrogens is 2. The fraction of sp³-hybridized carbons (Fsp3) is 0.706. The molecule has 2 aliphatic rings. The van der Waals surface area contributed by atoms with E-state index in [0.29, 0.717) is 0 Å². The zero-order valence-electron chi connectivity index (χ0n) is 12.6. The average molecular weight is 273 g/mol. The molecule has 0 bridgehead atoms. The van der Waals surface area contributed by atoms with Crippen molar-refractivity contribution in [3.05, 3.63) is 23.8 Å². The van der Waals surface area contributed by atoms with E-state index in [1.807, 2.05) is 12.5 Å². The maximum atomic E-state index is 4.30. The highest BCUT2D eigenvalue weighted by Crippen LogP contribution is 2.31. The van der Waals surface area contributed by atoms with Crippen LogP contribution in [-0.4, -0.2) is 22.1 Å². The van der Waals surface area contributed by atoms with E-state index in [0.717, 1.165) is 25.0 Å². The molecule has 20 heavy (non-hydrogen) atoms. The van der Waals surface area contributed by atoms with Crippen LogP contribution in [0.1, 0.15) is 57.6 Å². The van der Waals surface area contributed by atoms with Crippen LogP contribution in [0.25, 0.3) is 6.08 Å². The fourth-order valence-electron chi connectivity index (χ4n) is 3.24. The minimum Gasteiger partial charge on any atom is -0.331 e. The summed E-state index contributed by atoms with van der Waals surface area (Å²) in [6, 6.07) is 0.790. The molecule has 0 aromatic carbocycles. The van der Waals surface area contributed by atoms with Crippen LogP contribution < -0.4 is 5.32 Å². The van der Waals surface area contributed by atoms with Crippen molar-refractivity contribution < 1.29 is 0 Å². The summed E-state index contributed by atoms with van der Waals surface area (Å²) in [7, 11) is 0. The molecule has 1 aromatic rings. The van der Waals surface area contributed by atoms with Gasteiger partial charge in [-0.3, -0.25) is 0 Å². The Kier molecular flexibility index (Phi) is 4.56. The Balaban J connectivity index is 1.75. The number of aryl methyl sites for hydroxylation is 1. The van der Waals surface area contributed by atoms with E-state index >= 15 is 0 Å². The molecule has 0 spiro atoms. The Morgan fingerprint density at radius 3 is 2.80 bits per heavy atom. The first-order chi connectivity index (χ1) is 9.86. The molecule has 2 saturated carbocycles. The molecule has 0 amide bonds. The Morgan fingerprint density at radius 2 is 2.10 bits per heavy atom. The van der Waals surface area contributed by atoms with Gasteiger partial charge in [0.25, 0.3) is 0 Å². The van der Waals surface area contributed by atoms with Gasteiger partial charge in [-0.05, 0) is 44.6 Å². The molecule has 0 aliphatic heterocycles. The number of nitrogens with one attached hydrogen (secondary N) is 1. The van der Waals surface area contributed by atoms with Gasteiger partial charge in [-0.2, -0.15) is 0 Å². The van der Waals surface area contributed by atoms with Crippen molar-refractivity contribution in [1.82, 2.24) is 14.9 Å². The maximum absolute atomic E-state index is 4.30. The van der Waals surface area contributed by atoms with E-state index in [9.17, 15) is 0 Å². The molecule has 0 saturated heterocycles. The molecule has 2 aliphatic carbocycles. The predicted octanol–water partition coefficient (Wildman–Crippen LogP) is 3.62. The van der Waals surface area contributed by atoms with Gasteiger partial charge in [-0.1, -0.05) is 24.8 Å². The molecule has 110 valence electrons. The Labute approximate surface area is 122 Å². The summed E-state index contributed by atoms with van der Waals surface area (Å²) >= 11 is 0. The summed E-state index contributed by atoms with van der Waals surface area (Å²) in [5.41, 5.74) is 2.87. The minimum atomic E-state index is 0.787. The van der Waals surface area contributed by atoms with Crippen molar-refractivity contribution in [2.75, 3.05) is 6.54 Å². The highest BCUT2D eigenvalue weighted by atomic mass is 15.0. The zero-order valence-corrected chi connectivity index (χ0v) is 12.6. The lowest BCUT2D eigenvalue weighted by atomic mass is 9.83. The third-order valence-corrected chi connectivity index (χ3v) is 4.72.